The maximum atomic E-state index is 11.8. The van der Waals surface area contributed by atoms with Gasteiger partial charge in [-0.05, 0) is 13.0 Å². The molecule has 6 heteroatoms. The zero-order valence-electron chi connectivity index (χ0n) is 9.68. The highest BCUT2D eigenvalue weighted by Crippen LogP contribution is 2.26. The van der Waals surface area contributed by atoms with Crippen molar-refractivity contribution in [1.82, 2.24) is 9.97 Å². The van der Waals surface area contributed by atoms with Gasteiger partial charge in [0.15, 0.2) is 0 Å². The van der Waals surface area contributed by atoms with Crippen molar-refractivity contribution in [2.45, 2.75) is 18.6 Å². The van der Waals surface area contributed by atoms with Crippen LogP contribution in [0.3, 0.4) is 0 Å². The number of carbonyl (C=O) groups excluding carboxylic acids is 1. The van der Waals surface area contributed by atoms with E-state index in [-0.39, 0.29) is 5.91 Å². The average molecular weight is 269 g/mol. The predicted octanol–water partition coefficient (Wildman–Crippen LogP) is 1.96. The minimum Gasteiger partial charge on any atom is -0.294 e. The normalized spacial score (nSPS) is 19.9. The quantitative estimate of drug-likeness (QED) is 0.909. The maximum absolute atomic E-state index is 11.8. The molecule has 2 heterocycles. The summed E-state index contributed by atoms with van der Waals surface area (Å²) in [4.78, 5) is 19.9. The first-order valence-corrected chi connectivity index (χ1v) is 7.73. The zero-order valence-corrected chi connectivity index (χ0v) is 11.3. The van der Waals surface area contributed by atoms with Gasteiger partial charge >= 0.3 is 0 Å². The smallest absolute Gasteiger partial charge is 0.229 e. The first-order chi connectivity index (χ1) is 8.24. The Hall–Kier alpha value is -0.750. The van der Waals surface area contributed by atoms with Crippen molar-refractivity contribution in [3.05, 3.63) is 18.0 Å². The van der Waals surface area contributed by atoms with Crippen LogP contribution < -0.4 is 5.32 Å². The topological polar surface area (TPSA) is 54.9 Å². The molecular weight excluding hydrogens is 254 g/mol. The molecule has 1 aromatic rings. The molecule has 1 amide bonds. The van der Waals surface area contributed by atoms with Gasteiger partial charge in [-0.2, -0.15) is 23.5 Å². The summed E-state index contributed by atoms with van der Waals surface area (Å²) in [6.07, 6.45) is 2.21. The van der Waals surface area contributed by atoms with Gasteiger partial charge in [-0.1, -0.05) is 0 Å². The van der Waals surface area contributed by atoms with Crippen molar-refractivity contribution in [2.75, 3.05) is 22.6 Å². The molecule has 1 N–H and O–H groups in total. The Morgan fingerprint density at radius 2 is 2.47 bits per heavy atom. The molecule has 1 aliphatic heterocycles. The van der Waals surface area contributed by atoms with Crippen LogP contribution in [0.15, 0.2) is 12.3 Å². The molecule has 4 nitrogen and oxygen atoms in total. The highest BCUT2D eigenvalue weighted by atomic mass is 32.2. The van der Waals surface area contributed by atoms with Gasteiger partial charge in [0.25, 0.3) is 0 Å². The molecule has 1 fully saturated rings. The standard InChI is InChI=1S/C11H15N3OS2/c1-8-2-3-12-11(13-8)14-10(15)6-9-7-16-4-5-17-9/h2-3,9H,4-7H2,1H3,(H,12,13,14,15)/t9-/m1/s1. The third-order valence-electron chi connectivity index (χ3n) is 2.34. The largest absolute Gasteiger partial charge is 0.294 e. The van der Waals surface area contributed by atoms with Crippen LogP contribution in [0.2, 0.25) is 0 Å². The van der Waals surface area contributed by atoms with Gasteiger partial charge in [-0.25, -0.2) is 9.97 Å². The van der Waals surface area contributed by atoms with Crippen LogP contribution in [-0.4, -0.2) is 38.4 Å². The van der Waals surface area contributed by atoms with Crippen LogP contribution in [-0.2, 0) is 4.79 Å². The number of anilines is 1. The van der Waals surface area contributed by atoms with Crippen molar-refractivity contribution in [1.29, 1.82) is 0 Å². The number of hydrogen-bond donors (Lipinski definition) is 1. The molecule has 17 heavy (non-hydrogen) atoms. The van der Waals surface area contributed by atoms with Crippen LogP contribution in [0.5, 0.6) is 0 Å². The predicted molar refractivity (Wildman–Crippen MR) is 73.6 cm³/mol. The zero-order chi connectivity index (χ0) is 12.1. The molecule has 1 saturated heterocycles. The summed E-state index contributed by atoms with van der Waals surface area (Å²) in [5.41, 5.74) is 0.859. The van der Waals surface area contributed by atoms with Gasteiger partial charge in [0.05, 0.1) is 0 Å². The highest BCUT2D eigenvalue weighted by molar-refractivity contribution is 8.06. The van der Waals surface area contributed by atoms with E-state index >= 15 is 0 Å². The van der Waals surface area contributed by atoms with Crippen LogP contribution in [0.4, 0.5) is 5.95 Å². The number of carbonyl (C=O) groups is 1. The summed E-state index contributed by atoms with van der Waals surface area (Å²) in [5, 5.41) is 3.18. The molecule has 2 rings (SSSR count). The summed E-state index contributed by atoms with van der Waals surface area (Å²) in [6.45, 7) is 1.88. The third-order valence-corrected chi connectivity index (χ3v) is 5.19. The minimum absolute atomic E-state index is 0.00981. The van der Waals surface area contributed by atoms with Crippen molar-refractivity contribution >= 4 is 35.4 Å². The Balaban J connectivity index is 1.84. The molecule has 0 unspecified atom stereocenters. The van der Waals surface area contributed by atoms with Crippen molar-refractivity contribution in [3.8, 4) is 0 Å². The van der Waals surface area contributed by atoms with Crippen LogP contribution in [0, 0.1) is 6.92 Å². The van der Waals surface area contributed by atoms with E-state index in [0.29, 0.717) is 17.6 Å². The fourth-order valence-electron chi connectivity index (χ4n) is 1.55. The van der Waals surface area contributed by atoms with E-state index in [0.717, 1.165) is 17.2 Å². The Morgan fingerprint density at radius 3 is 3.18 bits per heavy atom. The summed E-state index contributed by atoms with van der Waals surface area (Å²) < 4.78 is 0. The summed E-state index contributed by atoms with van der Waals surface area (Å²) in [5.74, 6) is 3.82. The Bertz CT molecular complexity index is 394. The van der Waals surface area contributed by atoms with Gasteiger partial charge < -0.3 is 0 Å². The molecule has 1 aromatic heterocycles. The number of aryl methyl sites for hydroxylation is 1. The summed E-state index contributed by atoms with van der Waals surface area (Å²) >= 11 is 3.80. The van der Waals surface area contributed by atoms with E-state index in [4.69, 9.17) is 0 Å². The molecule has 0 spiro atoms. The van der Waals surface area contributed by atoms with E-state index in [1.807, 2.05) is 36.5 Å². The lowest BCUT2D eigenvalue weighted by Crippen LogP contribution is -2.23. The van der Waals surface area contributed by atoms with Crippen molar-refractivity contribution in [3.63, 3.8) is 0 Å². The van der Waals surface area contributed by atoms with Gasteiger partial charge in [0.2, 0.25) is 11.9 Å². The van der Waals surface area contributed by atoms with Crippen molar-refractivity contribution < 1.29 is 4.79 Å². The molecule has 1 atom stereocenters. The fraction of sp³-hybridized carbons (Fsp3) is 0.545. The summed E-state index contributed by atoms with van der Waals surface area (Å²) in [7, 11) is 0. The Kier molecular flexibility index (Phi) is 4.67. The average Bonchev–Trinajstić information content (AvgIpc) is 2.30. The van der Waals surface area contributed by atoms with Crippen LogP contribution in [0.1, 0.15) is 12.1 Å². The first kappa shape index (κ1) is 12.7. The van der Waals surface area contributed by atoms with Gasteiger partial charge in [-0.3, -0.25) is 10.1 Å². The van der Waals surface area contributed by atoms with E-state index in [9.17, 15) is 4.79 Å². The molecular formula is C11H15N3OS2. The molecule has 0 radical (unpaired) electrons. The number of hydrogen-bond acceptors (Lipinski definition) is 5. The molecule has 1 aliphatic rings. The van der Waals surface area contributed by atoms with E-state index in [1.165, 1.54) is 5.75 Å². The molecule has 0 saturated carbocycles. The maximum Gasteiger partial charge on any atom is 0.229 e. The lowest BCUT2D eigenvalue weighted by molar-refractivity contribution is -0.116. The number of nitrogens with one attached hydrogen (secondary N) is 1. The number of aromatic nitrogens is 2. The SMILES string of the molecule is Cc1ccnc(NC(=O)C[C@@H]2CSCCS2)n1. The molecule has 92 valence electrons. The lowest BCUT2D eigenvalue weighted by atomic mass is 10.3. The minimum atomic E-state index is 0.00981. The second-order valence-electron chi connectivity index (χ2n) is 3.84. The van der Waals surface area contributed by atoms with Crippen LogP contribution >= 0.6 is 23.5 Å². The molecule has 0 aliphatic carbocycles. The molecule has 0 aromatic carbocycles. The second kappa shape index (κ2) is 6.26. The van der Waals surface area contributed by atoms with Crippen LogP contribution in [0.25, 0.3) is 0 Å². The molecule has 0 bridgehead atoms. The third kappa shape index (κ3) is 4.20. The van der Waals surface area contributed by atoms with Crippen molar-refractivity contribution in [2.24, 2.45) is 0 Å². The monoisotopic (exact) mass is 269 g/mol. The number of nitrogens with zero attached hydrogens (tertiary/aromatic N) is 2. The van der Waals surface area contributed by atoms with E-state index in [1.54, 1.807) is 6.20 Å². The van der Waals surface area contributed by atoms with Gasteiger partial charge in [-0.15, -0.1) is 0 Å². The second-order valence-corrected chi connectivity index (χ2v) is 6.40. The Labute approximate surface area is 109 Å². The fourth-order valence-corrected chi connectivity index (χ4v) is 4.23. The number of rotatable bonds is 3. The van der Waals surface area contributed by atoms with Gasteiger partial charge in [0.1, 0.15) is 0 Å². The van der Waals surface area contributed by atoms with Gasteiger partial charge in [0, 0.05) is 40.8 Å². The summed E-state index contributed by atoms with van der Waals surface area (Å²) in [6, 6.07) is 1.81. The van der Waals surface area contributed by atoms with E-state index < -0.39 is 0 Å². The highest BCUT2D eigenvalue weighted by Gasteiger charge is 2.18. The first-order valence-electron chi connectivity index (χ1n) is 5.53. The number of thioether (sulfide) groups is 2. The lowest BCUT2D eigenvalue weighted by Gasteiger charge is -2.19. The number of amides is 1. The Morgan fingerprint density at radius 1 is 1.59 bits per heavy atom. The van der Waals surface area contributed by atoms with E-state index in [2.05, 4.69) is 15.3 Å².